The molecule has 0 atom stereocenters. The van der Waals surface area contributed by atoms with Crippen LogP contribution in [0.25, 0.3) is 0 Å². The SMILES string of the molecule is C/C=C\C=C(/C)CC/C1=N/CSc2c(O)cc(CCCC)cc2CC(=O)N1CC(/C=C\C)=C/C. The van der Waals surface area contributed by atoms with Crippen molar-refractivity contribution in [3.05, 3.63) is 70.9 Å². The van der Waals surface area contributed by atoms with Gasteiger partial charge in [-0.15, -0.1) is 0 Å². The molecule has 1 heterocycles. The number of amidine groups is 1. The van der Waals surface area contributed by atoms with Crippen molar-refractivity contribution in [2.75, 3.05) is 12.4 Å². The number of hydrogen-bond acceptors (Lipinski definition) is 4. The lowest BCUT2D eigenvalue weighted by molar-refractivity contribution is -0.126. The highest BCUT2D eigenvalue weighted by molar-refractivity contribution is 7.99. The van der Waals surface area contributed by atoms with Gasteiger partial charge in [-0.3, -0.25) is 14.7 Å². The molecule has 1 aliphatic heterocycles. The van der Waals surface area contributed by atoms with Crippen LogP contribution >= 0.6 is 11.8 Å². The average Bonchev–Trinajstić information content (AvgIpc) is 2.88. The zero-order valence-corrected chi connectivity index (χ0v) is 22.3. The van der Waals surface area contributed by atoms with Crippen molar-refractivity contribution < 1.29 is 9.90 Å². The highest BCUT2D eigenvalue weighted by Crippen LogP contribution is 2.35. The first kappa shape index (κ1) is 27.7. The Morgan fingerprint density at radius 1 is 1.21 bits per heavy atom. The first-order valence-corrected chi connectivity index (χ1v) is 13.3. The monoisotopic (exact) mass is 480 g/mol. The third-order valence-electron chi connectivity index (χ3n) is 5.84. The number of unbranched alkanes of at least 4 members (excludes halogenated alkanes) is 1. The van der Waals surface area contributed by atoms with Crippen LogP contribution < -0.4 is 0 Å². The van der Waals surface area contributed by atoms with Crippen LogP contribution in [0.5, 0.6) is 5.75 Å². The first-order chi connectivity index (χ1) is 16.4. The van der Waals surface area contributed by atoms with Crippen molar-refractivity contribution in [1.82, 2.24) is 4.90 Å². The van der Waals surface area contributed by atoms with E-state index in [1.54, 1.807) is 0 Å². The minimum atomic E-state index is 0.0217. The van der Waals surface area contributed by atoms with Crippen LogP contribution in [0.1, 0.15) is 71.4 Å². The number of aromatic hydroxyl groups is 1. The molecule has 4 nitrogen and oxygen atoms in total. The van der Waals surface area contributed by atoms with Crippen LogP contribution in [-0.4, -0.2) is 34.2 Å². The third-order valence-corrected chi connectivity index (χ3v) is 6.86. The highest BCUT2D eigenvalue weighted by Gasteiger charge is 2.24. The van der Waals surface area contributed by atoms with Crippen molar-refractivity contribution in [3.8, 4) is 5.75 Å². The van der Waals surface area contributed by atoms with Crippen LogP contribution in [-0.2, 0) is 17.6 Å². The van der Waals surface area contributed by atoms with Gasteiger partial charge in [0, 0.05) is 6.42 Å². The topological polar surface area (TPSA) is 52.9 Å². The van der Waals surface area contributed by atoms with E-state index in [9.17, 15) is 9.90 Å². The fourth-order valence-electron chi connectivity index (χ4n) is 3.90. The quantitative estimate of drug-likeness (QED) is 0.355. The average molecular weight is 481 g/mol. The lowest BCUT2D eigenvalue weighted by atomic mass is 10.0. The molecule has 1 aromatic carbocycles. The molecule has 0 bridgehead atoms. The van der Waals surface area contributed by atoms with E-state index in [0.717, 1.165) is 53.1 Å². The maximum atomic E-state index is 13.7. The molecular weight excluding hydrogens is 440 g/mol. The number of benzene rings is 1. The van der Waals surface area contributed by atoms with Gasteiger partial charge in [0.2, 0.25) is 5.91 Å². The van der Waals surface area contributed by atoms with E-state index in [0.29, 0.717) is 18.8 Å². The molecule has 1 N–H and O–H groups in total. The number of hydrogen-bond donors (Lipinski definition) is 1. The summed E-state index contributed by atoms with van der Waals surface area (Å²) in [6, 6.07) is 3.96. The van der Waals surface area contributed by atoms with Gasteiger partial charge in [0.15, 0.2) is 0 Å². The fourth-order valence-corrected chi connectivity index (χ4v) is 4.77. The third kappa shape index (κ3) is 8.35. The van der Waals surface area contributed by atoms with Crippen LogP contribution in [0.2, 0.25) is 0 Å². The van der Waals surface area contributed by atoms with E-state index >= 15 is 0 Å². The van der Waals surface area contributed by atoms with Crippen LogP contribution in [0.3, 0.4) is 0 Å². The number of amides is 1. The molecule has 1 amide bonds. The van der Waals surface area contributed by atoms with Gasteiger partial charge in [-0.25, -0.2) is 0 Å². The Morgan fingerprint density at radius 2 is 2.00 bits per heavy atom. The smallest absolute Gasteiger partial charge is 0.232 e. The molecule has 184 valence electrons. The van der Waals surface area contributed by atoms with Crippen molar-refractivity contribution in [1.29, 1.82) is 0 Å². The van der Waals surface area contributed by atoms with Gasteiger partial charge in [0.05, 0.1) is 23.7 Å². The molecule has 5 heteroatoms. The maximum absolute atomic E-state index is 13.7. The number of aliphatic imine (C=N–C) groups is 1. The Morgan fingerprint density at radius 3 is 2.68 bits per heavy atom. The fraction of sp³-hybridized carbons (Fsp3) is 0.448. The Balaban J connectivity index is 2.41. The van der Waals surface area contributed by atoms with Gasteiger partial charge >= 0.3 is 0 Å². The normalized spacial score (nSPS) is 17.5. The van der Waals surface area contributed by atoms with Crippen LogP contribution in [0.4, 0.5) is 0 Å². The van der Waals surface area contributed by atoms with Crippen molar-refractivity contribution in [2.24, 2.45) is 4.99 Å². The Hall–Kier alpha value is -2.53. The number of aryl methyl sites for hydroxylation is 1. The second-order valence-electron chi connectivity index (χ2n) is 8.61. The van der Waals surface area contributed by atoms with E-state index in [1.807, 2.05) is 62.1 Å². The Bertz CT molecular complexity index is 986. The first-order valence-electron chi connectivity index (χ1n) is 12.3. The molecular formula is C29H40N2O2S. The number of allylic oxidation sites excluding steroid dienone is 6. The molecule has 0 fully saturated rings. The van der Waals surface area contributed by atoms with E-state index in [-0.39, 0.29) is 18.1 Å². The predicted molar refractivity (Wildman–Crippen MR) is 147 cm³/mol. The molecule has 0 aromatic heterocycles. The van der Waals surface area contributed by atoms with E-state index in [4.69, 9.17) is 4.99 Å². The maximum Gasteiger partial charge on any atom is 0.232 e. The summed E-state index contributed by atoms with van der Waals surface area (Å²) in [5.74, 6) is 1.57. The number of thioether (sulfide) groups is 1. The lowest BCUT2D eigenvalue weighted by Gasteiger charge is -2.25. The largest absolute Gasteiger partial charge is 0.507 e. The van der Waals surface area contributed by atoms with Gasteiger partial charge in [0.25, 0.3) is 0 Å². The van der Waals surface area contributed by atoms with Gasteiger partial charge in [-0.1, -0.05) is 73.2 Å². The molecule has 34 heavy (non-hydrogen) atoms. The van der Waals surface area contributed by atoms with Gasteiger partial charge in [-0.2, -0.15) is 0 Å². The highest BCUT2D eigenvalue weighted by atomic mass is 32.2. The molecule has 0 aliphatic carbocycles. The predicted octanol–water partition coefficient (Wildman–Crippen LogP) is 7.39. The second-order valence-corrected chi connectivity index (χ2v) is 9.57. The molecule has 0 unspecified atom stereocenters. The Kier molecular flexibility index (Phi) is 12.0. The summed E-state index contributed by atoms with van der Waals surface area (Å²) in [5, 5.41) is 10.7. The van der Waals surface area contributed by atoms with Gasteiger partial charge < -0.3 is 5.11 Å². The number of fused-ring (bicyclic) bond motifs is 1. The van der Waals surface area contributed by atoms with Crippen molar-refractivity contribution in [3.63, 3.8) is 0 Å². The molecule has 2 rings (SSSR count). The van der Waals surface area contributed by atoms with Gasteiger partial charge in [0.1, 0.15) is 11.6 Å². The van der Waals surface area contributed by atoms with Gasteiger partial charge in [-0.05, 0) is 69.7 Å². The number of phenolic OH excluding ortho intramolecular Hbond substituents is 1. The standard InChI is InChI=1S/C29H40N2O2S/c1-6-10-13-22(5)15-16-27-30-21-34-29-25(17-24(14-11-7-2)18-26(29)32)19-28(33)31(27)20-23(9-4)12-8-3/h6,8-10,12-13,17-18,32H,7,11,14-16,19-21H2,1-5H3/b10-6-,12-8-,22-13+,23-9+,30-27-. The summed E-state index contributed by atoms with van der Waals surface area (Å²) in [6.07, 6.45) is 17.1. The Labute approximate surface area is 210 Å². The summed E-state index contributed by atoms with van der Waals surface area (Å²) < 4.78 is 0. The van der Waals surface area contributed by atoms with Crippen molar-refractivity contribution >= 4 is 23.5 Å². The summed E-state index contributed by atoms with van der Waals surface area (Å²) in [7, 11) is 0. The summed E-state index contributed by atoms with van der Waals surface area (Å²) in [5.41, 5.74) is 4.32. The number of carbonyl (C=O) groups is 1. The van der Waals surface area contributed by atoms with Crippen molar-refractivity contribution in [2.45, 2.75) is 78.0 Å². The van der Waals surface area contributed by atoms with E-state index in [2.05, 4.69) is 26.0 Å². The molecule has 1 aliphatic rings. The van der Waals surface area contributed by atoms with Crippen LogP contribution in [0, 0.1) is 0 Å². The number of nitrogens with zero attached hydrogens (tertiary/aromatic N) is 2. The minimum absolute atomic E-state index is 0.0217. The molecule has 0 radical (unpaired) electrons. The zero-order chi connectivity index (χ0) is 24.9. The summed E-state index contributed by atoms with van der Waals surface area (Å²) >= 11 is 1.52. The van der Waals surface area contributed by atoms with E-state index < -0.39 is 0 Å². The number of rotatable bonds is 10. The molecule has 0 saturated carbocycles. The summed E-state index contributed by atoms with van der Waals surface area (Å²) in [4.78, 5) is 21.2. The van der Waals surface area contributed by atoms with E-state index in [1.165, 1.54) is 17.3 Å². The molecule has 0 saturated heterocycles. The number of phenols is 1. The summed E-state index contributed by atoms with van der Waals surface area (Å²) in [6.45, 7) is 10.8. The molecule has 0 spiro atoms. The molecule has 1 aromatic rings. The second kappa shape index (κ2) is 14.7. The number of carbonyl (C=O) groups excluding carboxylic acids is 1. The van der Waals surface area contributed by atoms with Crippen LogP contribution in [0.15, 0.2) is 69.6 Å². The zero-order valence-electron chi connectivity index (χ0n) is 21.4. The minimum Gasteiger partial charge on any atom is -0.507 e. The lowest BCUT2D eigenvalue weighted by Crippen LogP contribution is -2.39.